The Morgan fingerprint density at radius 1 is 1.03 bits per heavy atom. The van der Waals surface area contributed by atoms with Gasteiger partial charge in [-0.3, -0.25) is 9.48 Å². The molecule has 1 unspecified atom stereocenters. The van der Waals surface area contributed by atoms with Crippen LogP contribution in [0.5, 0.6) is 0 Å². The molecule has 0 saturated carbocycles. The first-order valence-electron chi connectivity index (χ1n) is 9.88. The van der Waals surface area contributed by atoms with Crippen LogP contribution in [0.2, 0.25) is 0 Å². The number of nitrogens with one attached hydrogen (secondary N) is 2. The minimum absolute atomic E-state index is 0.268. The number of amides is 1. The highest BCUT2D eigenvalue weighted by Crippen LogP contribution is 2.25. The summed E-state index contributed by atoms with van der Waals surface area (Å²) in [7, 11) is 1.76. The van der Waals surface area contributed by atoms with Crippen molar-refractivity contribution in [1.29, 1.82) is 0 Å². The first-order valence-corrected chi connectivity index (χ1v) is 9.88. The molecule has 4 aromatic rings. The van der Waals surface area contributed by atoms with Crippen LogP contribution in [0.3, 0.4) is 0 Å². The number of hydrogen-bond donors (Lipinski definition) is 2. The van der Waals surface area contributed by atoms with Crippen LogP contribution >= 0.6 is 0 Å². The standard InChI is InChI=1S/C24H22FN5O/c1-16(28-19-9-10-20(21(25)14-19)22-12-13-27-30(22)2)24(31)29-23-11-8-18(15-26-23)17-6-4-3-5-7-17/h3-16,28H,1-2H3,(H,26,29,31). The summed E-state index contributed by atoms with van der Waals surface area (Å²) in [5.41, 5.74) is 3.66. The molecule has 7 heteroatoms. The molecule has 6 nitrogen and oxygen atoms in total. The Kier molecular flexibility index (Phi) is 5.75. The first-order chi connectivity index (χ1) is 15.0. The number of hydrogen-bond acceptors (Lipinski definition) is 4. The van der Waals surface area contributed by atoms with Crippen molar-refractivity contribution in [3.63, 3.8) is 0 Å². The molecule has 0 bridgehead atoms. The highest BCUT2D eigenvalue weighted by Gasteiger charge is 2.15. The molecular weight excluding hydrogens is 393 g/mol. The van der Waals surface area contributed by atoms with Crippen LogP contribution < -0.4 is 10.6 Å². The lowest BCUT2D eigenvalue weighted by molar-refractivity contribution is -0.116. The lowest BCUT2D eigenvalue weighted by Crippen LogP contribution is -2.32. The molecule has 1 atom stereocenters. The maximum Gasteiger partial charge on any atom is 0.247 e. The van der Waals surface area contributed by atoms with Crippen molar-refractivity contribution in [1.82, 2.24) is 14.8 Å². The maximum absolute atomic E-state index is 14.6. The van der Waals surface area contributed by atoms with E-state index in [0.717, 1.165) is 11.1 Å². The van der Waals surface area contributed by atoms with Crippen LogP contribution in [0, 0.1) is 5.82 Å². The van der Waals surface area contributed by atoms with E-state index < -0.39 is 6.04 Å². The topological polar surface area (TPSA) is 71.8 Å². The second kappa shape index (κ2) is 8.79. The molecule has 156 valence electrons. The fourth-order valence-electron chi connectivity index (χ4n) is 3.27. The number of carbonyl (C=O) groups excluding carboxylic acids is 1. The van der Waals surface area contributed by atoms with Crippen LogP contribution in [-0.2, 0) is 11.8 Å². The highest BCUT2D eigenvalue weighted by atomic mass is 19.1. The van der Waals surface area contributed by atoms with Gasteiger partial charge in [0.2, 0.25) is 5.91 Å². The van der Waals surface area contributed by atoms with Crippen LogP contribution in [0.4, 0.5) is 15.9 Å². The predicted octanol–water partition coefficient (Wildman–Crippen LogP) is 4.73. The zero-order valence-electron chi connectivity index (χ0n) is 17.2. The van der Waals surface area contributed by atoms with Crippen LogP contribution in [0.25, 0.3) is 22.4 Å². The molecule has 0 radical (unpaired) electrons. The Labute approximate surface area is 179 Å². The fourth-order valence-corrected chi connectivity index (χ4v) is 3.27. The average Bonchev–Trinajstić information content (AvgIpc) is 3.20. The number of rotatable bonds is 6. The van der Waals surface area contributed by atoms with Gasteiger partial charge in [-0.15, -0.1) is 0 Å². The molecule has 0 aliphatic carbocycles. The number of halogens is 1. The van der Waals surface area contributed by atoms with E-state index >= 15 is 0 Å². The van der Waals surface area contributed by atoms with Gasteiger partial charge in [0.05, 0.1) is 5.69 Å². The average molecular weight is 415 g/mol. The zero-order chi connectivity index (χ0) is 21.8. The SMILES string of the molecule is CC(Nc1ccc(-c2ccnn2C)c(F)c1)C(=O)Nc1ccc(-c2ccccc2)cn1. The molecule has 0 aliphatic rings. The molecule has 2 N–H and O–H groups in total. The van der Waals surface area contributed by atoms with Gasteiger partial charge in [0.15, 0.2) is 0 Å². The van der Waals surface area contributed by atoms with Crippen molar-refractivity contribution in [2.24, 2.45) is 7.05 Å². The van der Waals surface area contributed by atoms with Gasteiger partial charge in [0.25, 0.3) is 0 Å². The number of carbonyl (C=O) groups is 1. The van der Waals surface area contributed by atoms with E-state index in [4.69, 9.17) is 0 Å². The van der Waals surface area contributed by atoms with Crippen molar-refractivity contribution >= 4 is 17.4 Å². The summed E-state index contributed by atoms with van der Waals surface area (Å²) in [5, 5.41) is 9.87. The maximum atomic E-state index is 14.6. The van der Waals surface area contributed by atoms with Gasteiger partial charge in [-0.05, 0) is 48.9 Å². The van der Waals surface area contributed by atoms with Crippen LogP contribution in [0.15, 0.2) is 79.1 Å². The molecule has 2 aromatic heterocycles. The lowest BCUT2D eigenvalue weighted by Gasteiger charge is -2.16. The largest absolute Gasteiger partial charge is 0.374 e. The molecular formula is C24H22FN5O. The Bertz CT molecular complexity index is 1190. The second-order valence-corrected chi connectivity index (χ2v) is 7.19. The number of anilines is 2. The lowest BCUT2D eigenvalue weighted by atomic mass is 10.1. The van der Waals surface area contributed by atoms with Gasteiger partial charge >= 0.3 is 0 Å². The summed E-state index contributed by atoms with van der Waals surface area (Å²) < 4.78 is 16.2. The van der Waals surface area contributed by atoms with Crippen LogP contribution in [-0.4, -0.2) is 26.7 Å². The summed E-state index contributed by atoms with van der Waals surface area (Å²) in [6.07, 6.45) is 3.34. The van der Waals surface area contributed by atoms with E-state index in [1.165, 1.54) is 6.07 Å². The van der Waals surface area contributed by atoms with Crippen molar-refractivity contribution in [3.05, 3.63) is 84.9 Å². The minimum atomic E-state index is -0.586. The van der Waals surface area contributed by atoms with Crippen molar-refractivity contribution in [3.8, 4) is 22.4 Å². The predicted molar refractivity (Wildman–Crippen MR) is 120 cm³/mol. The Morgan fingerprint density at radius 2 is 1.84 bits per heavy atom. The fraction of sp³-hybridized carbons (Fsp3) is 0.125. The zero-order valence-corrected chi connectivity index (χ0v) is 17.2. The minimum Gasteiger partial charge on any atom is -0.374 e. The molecule has 0 spiro atoms. The van der Waals surface area contributed by atoms with E-state index in [2.05, 4.69) is 20.7 Å². The molecule has 2 aromatic carbocycles. The van der Waals surface area contributed by atoms with Gasteiger partial charge in [-0.25, -0.2) is 9.37 Å². The number of aromatic nitrogens is 3. The molecule has 0 fully saturated rings. The van der Waals surface area contributed by atoms with Crippen molar-refractivity contribution in [2.45, 2.75) is 13.0 Å². The third-order valence-corrected chi connectivity index (χ3v) is 4.96. The Hall–Kier alpha value is -4.00. The summed E-state index contributed by atoms with van der Waals surface area (Å²) >= 11 is 0. The first kappa shape index (κ1) is 20.3. The number of pyridine rings is 1. The quantitative estimate of drug-likeness (QED) is 0.478. The molecule has 2 heterocycles. The number of aryl methyl sites for hydroxylation is 1. The van der Waals surface area contributed by atoms with E-state index in [1.807, 2.05) is 36.4 Å². The van der Waals surface area contributed by atoms with E-state index in [-0.39, 0.29) is 11.7 Å². The van der Waals surface area contributed by atoms with Gasteiger partial charge in [0.1, 0.15) is 17.7 Å². The number of benzene rings is 2. The summed E-state index contributed by atoms with van der Waals surface area (Å²) in [5.74, 6) is -0.202. The molecule has 31 heavy (non-hydrogen) atoms. The number of nitrogens with zero attached hydrogens (tertiary/aromatic N) is 3. The third kappa shape index (κ3) is 4.61. The van der Waals surface area contributed by atoms with E-state index in [9.17, 15) is 9.18 Å². The summed E-state index contributed by atoms with van der Waals surface area (Å²) in [4.78, 5) is 16.9. The van der Waals surface area contributed by atoms with E-state index in [1.54, 1.807) is 55.3 Å². The summed E-state index contributed by atoms with van der Waals surface area (Å²) in [6.45, 7) is 1.71. The van der Waals surface area contributed by atoms with Gasteiger partial charge in [0, 0.05) is 36.3 Å². The van der Waals surface area contributed by atoms with Gasteiger partial charge in [-0.2, -0.15) is 5.10 Å². The van der Waals surface area contributed by atoms with E-state index in [0.29, 0.717) is 22.8 Å². The van der Waals surface area contributed by atoms with Crippen LogP contribution in [0.1, 0.15) is 6.92 Å². The van der Waals surface area contributed by atoms with Crippen molar-refractivity contribution < 1.29 is 9.18 Å². The smallest absolute Gasteiger partial charge is 0.247 e. The van der Waals surface area contributed by atoms with Crippen molar-refractivity contribution in [2.75, 3.05) is 10.6 Å². The Balaban J connectivity index is 1.40. The molecule has 1 amide bonds. The highest BCUT2D eigenvalue weighted by molar-refractivity contribution is 5.95. The molecule has 0 aliphatic heterocycles. The normalized spacial score (nSPS) is 11.7. The van der Waals surface area contributed by atoms with Gasteiger partial charge < -0.3 is 10.6 Å². The Morgan fingerprint density at radius 3 is 2.48 bits per heavy atom. The van der Waals surface area contributed by atoms with Gasteiger partial charge in [-0.1, -0.05) is 30.3 Å². The monoisotopic (exact) mass is 415 g/mol. The summed E-state index contributed by atoms with van der Waals surface area (Å²) in [6, 6.07) is 19.5. The molecule has 0 saturated heterocycles. The second-order valence-electron chi connectivity index (χ2n) is 7.19. The molecule has 4 rings (SSSR count). The third-order valence-electron chi connectivity index (χ3n) is 4.96.